The summed E-state index contributed by atoms with van der Waals surface area (Å²) in [6, 6.07) is 10.7. The number of alkyl halides is 3. The summed E-state index contributed by atoms with van der Waals surface area (Å²) in [6.45, 7) is 6.75. The summed E-state index contributed by atoms with van der Waals surface area (Å²) >= 11 is 0. The maximum atomic E-state index is 13.0. The van der Waals surface area contributed by atoms with E-state index >= 15 is 0 Å². The second-order valence-corrected chi connectivity index (χ2v) is 9.99. The standard InChI is InChI=1S/C26H28F3N3O2/c1-16-12-20(15-25(2,3)14-16)32-22-10-4-17(5-11-23(33)34)13-21(22)31-24(32)30-19-8-6-18(7-9-19)26(27,28)29/h4-11,13,16,20H,12,14-15H2,1-3H3,(H,30,31)(H,33,34)/b11-5+/t16-,20-/m0/s1. The van der Waals surface area contributed by atoms with Crippen molar-refractivity contribution in [1.82, 2.24) is 9.55 Å². The summed E-state index contributed by atoms with van der Waals surface area (Å²) in [6.07, 6.45) is 1.24. The van der Waals surface area contributed by atoms with Gasteiger partial charge < -0.3 is 15.0 Å². The van der Waals surface area contributed by atoms with E-state index in [9.17, 15) is 18.0 Å². The second kappa shape index (κ2) is 8.81. The normalized spacial score (nSPS) is 20.6. The van der Waals surface area contributed by atoms with E-state index in [1.165, 1.54) is 18.2 Å². The molecule has 1 aromatic heterocycles. The van der Waals surface area contributed by atoms with E-state index in [1.54, 1.807) is 0 Å². The van der Waals surface area contributed by atoms with Crippen LogP contribution in [0.15, 0.2) is 48.5 Å². The van der Waals surface area contributed by atoms with Crippen molar-refractivity contribution in [3.05, 3.63) is 59.7 Å². The minimum Gasteiger partial charge on any atom is -0.478 e. The van der Waals surface area contributed by atoms with Crippen LogP contribution in [-0.2, 0) is 11.0 Å². The molecule has 0 aliphatic heterocycles. The van der Waals surface area contributed by atoms with Crippen molar-refractivity contribution in [1.29, 1.82) is 0 Å². The van der Waals surface area contributed by atoms with Crippen molar-refractivity contribution >= 4 is 34.7 Å². The first-order chi connectivity index (χ1) is 15.9. The van der Waals surface area contributed by atoms with Crippen LogP contribution in [0.3, 0.4) is 0 Å². The zero-order valence-electron chi connectivity index (χ0n) is 19.4. The number of imidazole rings is 1. The molecule has 8 heteroatoms. The number of aliphatic carboxylic acids is 1. The third kappa shape index (κ3) is 5.26. The van der Waals surface area contributed by atoms with Gasteiger partial charge in [-0.3, -0.25) is 0 Å². The van der Waals surface area contributed by atoms with Gasteiger partial charge in [0, 0.05) is 17.8 Å². The fourth-order valence-electron chi connectivity index (χ4n) is 5.21. The van der Waals surface area contributed by atoms with Crippen molar-refractivity contribution in [2.75, 3.05) is 5.32 Å². The SMILES string of the molecule is C[C@H]1C[C@H](n2c(Nc3ccc(C(F)(F)F)cc3)nc3cc(/C=C/C(=O)O)ccc32)CC(C)(C)C1. The number of hydrogen-bond acceptors (Lipinski definition) is 3. The second-order valence-electron chi connectivity index (χ2n) is 9.99. The van der Waals surface area contributed by atoms with Crippen molar-refractivity contribution in [2.24, 2.45) is 11.3 Å². The molecule has 2 aromatic carbocycles. The number of nitrogens with zero attached hydrogens (tertiary/aromatic N) is 2. The monoisotopic (exact) mass is 471 g/mol. The molecule has 1 aliphatic carbocycles. The Hall–Kier alpha value is -3.29. The number of rotatable bonds is 5. The summed E-state index contributed by atoms with van der Waals surface area (Å²) in [5.74, 6) is 0.0422. The Morgan fingerprint density at radius 1 is 1.18 bits per heavy atom. The highest BCUT2D eigenvalue weighted by molar-refractivity contribution is 5.87. The van der Waals surface area contributed by atoms with E-state index in [4.69, 9.17) is 10.1 Å². The average molecular weight is 472 g/mol. The van der Waals surface area contributed by atoms with Crippen LogP contribution in [0, 0.1) is 11.3 Å². The molecule has 1 aliphatic rings. The molecular formula is C26H28F3N3O2. The molecule has 4 rings (SSSR count). The van der Waals surface area contributed by atoms with Crippen LogP contribution in [-0.4, -0.2) is 20.6 Å². The summed E-state index contributed by atoms with van der Waals surface area (Å²) < 4.78 is 41.1. The van der Waals surface area contributed by atoms with Gasteiger partial charge in [0.05, 0.1) is 16.6 Å². The average Bonchev–Trinajstić information content (AvgIpc) is 3.07. The molecule has 0 spiro atoms. The van der Waals surface area contributed by atoms with Gasteiger partial charge in [-0.25, -0.2) is 9.78 Å². The van der Waals surface area contributed by atoms with Gasteiger partial charge in [0.2, 0.25) is 5.95 Å². The van der Waals surface area contributed by atoms with Crippen LogP contribution in [0.5, 0.6) is 0 Å². The molecule has 180 valence electrons. The molecule has 3 aromatic rings. The molecule has 5 nitrogen and oxygen atoms in total. The number of carboxylic acid groups (broad SMARTS) is 1. The van der Waals surface area contributed by atoms with Gasteiger partial charge in [0.25, 0.3) is 0 Å². The van der Waals surface area contributed by atoms with E-state index < -0.39 is 17.7 Å². The van der Waals surface area contributed by atoms with Crippen molar-refractivity contribution in [2.45, 2.75) is 52.3 Å². The van der Waals surface area contributed by atoms with Gasteiger partial charge in [0.15, 0.2) is 0 Å². The molecule has 0 saturated heterocycles. The van der Waals surface area contributed by atoms with Gasteiger partial charge in [-0.1, -0.05) is 26.8 Å². The first kappa shape index (κ1) is 23.9. The van der Waals surface area contributed by atoms with Crippen molar-refractivity contribution in [3.8, 4) is 0 Å². The molecule has 0 unspecified atom stereocenters. The minimum atomic E-state index is -4.39. The highest BCUT2D eigenvalue weighted by Crippen LogP contribution is 2.46. The Labute approximate surface area is 196 Å². The van der Waals surface area contributed by atoms with Crippen LogP contribution >= 0.6 is 0 Å². The number of nitrogens with one attached hydrogen (secondary N) is 1. The summed E-state index contributed by atoms with van der Waals surface area (Å²) in [5.41, 5.74) is 2.25. The third-order valence-corrected chi connectivity index (χ3v) is 6.33. The Balaban J connectivity index is 1.77. The first-order valence-electron chi connectivity index (χ1n) is 11.3. The van der Waals surface area contributed by atoms with Gasteiger partial charge in [-0.2, -0.15) is 13.2 Å². The van der Waals surface area contributed by atoms with Crippen LogP contribution in [0.1, 0.15) is 57.2 Å². The molecule has 0 amide bonds. The predicted molar refractivity (Wildman–Crippen MR) is 127 cm³/mol. The highest BCUT2D eigenvalue weighted by Gasteiger charge is 2.35. The molecule has 2 atom stereocenters. The summed E-state index contributed by atoms with van der Waals surface area (Å²) in [5, 5.41) is 12.1. The molecule has 1 saturated carbocycles. The third-order valence-electron chi connectivity index (χ3n) is 6.33. The zero-order chi connectivity index (χ0) is 24.7. The molecule has 34 heavy (non-hydrogen) atoms. The van der Waals surface area contributed by atoms with E-state index in [0.29, 0.717) is 28.6 Å². The number of aromatic nitrogens is 2. The summed E-state index contributed by atoms with van der Waals surface area (Å²) in [7, 11) is 0. The number of fused-ring (bicyclic) bond motifs is 1. The van der Waals surface area contributed by atoms with E-state index in [0.717, 1.165) is 43.0 Å². The molecular weight excluding hydrogens is 443 g/mol. The lowest BCUT2D eigenvalue weighted by Crippen LogP contribution is -2.29. The highest BCUT2D eigenvalue weighted by atomic mass is 19.4. The largest absolute Gasteiger partial charge is 0.478 e. The lowest BCUT2D eigenvalue weighted by molar-refractivity contribution is -0.137. The number of hydrogen-bond donors (Lipinski definition) is 2. The van der Waals surface area contributed by atoms with Gasteiger partial charge in [-0.05, 0) is 78.6 Å². The zero-order valence-corrected chi connectivity index (χ0v) is 19.4. The van der Waals surface area contributed by atoms with Crippen LogP contribution < -0.4 is 5.32 Å². The summed E-state index contributed by atoms with van der Waals surface area (Å²) in [4.78, 5) is 15.7. The van der Waals surface area contributed by atoms with E-state index in [1.807, 2.05) is 18.2 Å². The van der Waals surface area contributed by atoms with E-state index in [-0.39, 0.29) is 11.5 Å². The quantitative estimate of drug-likeness (QED) is 0.384. The molecule has 0 bridgehead atoms. The maximum absolute atomic E-state index is 13.0. The fourth-order valence-corrected chi connectivity index (χ4v) is 5.21. The smallest absolute Gasteiger partial charge is 0.416 e. The number of anilines is 2. The van der Waals surface area contributed by atoms with Gasteiger partial charge in [0.1, 0.15) is 0 Å². The van der Waals surface area contributed by atoms with Crippen LogP contribution in [0.25, 0.3) is 17.1 Å². The van der Waals surface area contributed by atoms with Crippen LogP contribution in [0.2, 0.25) is 0 Å². The van der Waals surface area contributed by atoms with Gasteiger partial charge in [-0.15, -0.1) is 0 Å². The Morgan fingerprint density at radius 3 is 2.50 bits per heavy atom. The minimum absolute atomic E-state index is 0.148. The Kier molecular flexibility index (Phi) is 6.18. The van der Waals surface area contributed by atoms with Gasteiger partial charge >= 0.3 is 12.1 Å². The fraction of sp³-hybridized carbons (Fsp3) is 0.385. The van der Waals surface area contributed by atoms with Crippen molar-refractivity contribution in [3.63, 3.8) is 0 Å². The number of carbonyl (C=O) groups is 1. The molecule has 1 fully saturated rings. The number of benzene rings is 2. The first-order valence-corrected chi connectivity index (χ1v) is 11.3. The van der Waals surface area contributed by atoms with Crippen LogP contribution in [0.4, 0.5) is 24.8 Å². The number of carboxylic acids is 1. The molecule has 0 radical (unpaired) electrons. The lowest BCUT2D eigenvalue weighted by atomic mass is 9.70. The maximum Gasteiger partial charge on any atom is 0.416 e. The van der Waals surface area contributed by atoms with Crippen molar-refractivity contribution < 1.29 is 23.1 Å². The molecule has 2 N–H and O–H groups in total. The lowest BCUT2D eigenvalue weighted by Gasteiger charge is -2.40. The molecule has 1 heterocycles. The predicted octanol–water partition coefficient (Wildman–Crippen LogP) is 7.28. The number of halogens is 3. The Morgan fingerprint density at radius 2 is 1.88 bits per heavy atom. The Bertz CT molecular complexity index is 1230. The topological polar surface area (TPSA) is 67.2 Å². The van der Waals surface area contributed by atoms with E-state index in [2.05, 4.69) is 30.7 Å².